The van der Waals surface area contributed by atoms with E-state index in [1.54, 1.807) is 26.2 Å². The van der Waals surface area contributed by atoms with Crippen LogP contribution in [0.25, 0.3) is 22.5 Å². The number of hydrogen-bond donors (Lipinski definition) is 1. The van der Waals surface area contributed by atoms with E-state index in [4.69, 9.17) is 0 Å². The molecule has 3 heterocycles. The quantitative estimate of drug-likeness (QED) is 0.518. The van der Waals surface area contributed by atoms with Gasteiger partial charge in [-0.1, -0.05) is 6.07 Å². The summed E-state index contributed by atoms with van der Waals surface area (Å²) in [6, 6.07) is 8.20. The minimum Gasteiger partial charge on any atom is -0.307 e. The van der Waals surface area contributed by atoms with Crippen LogP contribution in [0.4, 0.5) is 19.0 Å². The number of anilines is 1. The Morgan fingerprint density at radius 3 is 2.47 bits per heavy atom. The minimum atomic E-state index is -4.58. The van der Waals surface area contributed by atoms with Crippen LogP contribution in [-0.4, -0.2) is 36.1 Å². The number of aryl methyl sites for hydroxylation is 2. The van der Waals surface area contributed by atoms with Gasteiger partial charge in [0.25, 0.3) is 5.91 Å². The average Bonchev–Trinajstić information content (AvgIpc) is 3.20. The van der Waals surface area contributed by atoms with Crippen LogP contribution < -0.4 is 5.32 Å². The summed E-state index contributed by atoms with van der Waals surface area (Å²) in [6.07, 6.45) is -0.304. The Hall–Kier alpha value is -4.15. The maximum atomic E-state index is 13.6. The molecule has 8 nitrogen and oxygen atoms in total. The van der Waals surface area contributed by atoms with Crippen molar-refractivity contribution in [2.24, 2.45) is 7.05 Å². The van der Waals surface area contributed by atoms with Crippen molar-refractivity contribution in [1.82, 2.24) is 30.2 Å². The van der Waals surface area contributed by atoms with Gasteiger partial charge in [0.15, 0.2) is 0 Å². The predicted molar refractivity (Wildman–Crippen MR) is 109 cm³/mol. The molecule has 0 saturated heterocycles. The lowest BCUT2D eigenvalue weighted by Gasteiger charge is -2.14. The molecule has 0 fully saturated rings. The highest BCUT2D eigenvalue weighted by molar-refractivity contribution is 6.04. The van der Waals surface area contributed by atoms with Crippen LogP contribution >= 0.6 is 0 Å². The number of alkyl halides is 3. The highest BCUT2D eigenvalue weighted by atomic mass is 19.4. The molecule has 32 heavy (non-hydrogen) atoms. The van der Waals surface area contributed by atoms with Crippen molar-refractivity contribution < 1.29 is 18.0 Å². The molecule has 0 unspecified atom stereocenters. The number of tetrazole rings is 1. The number of benzene rings is 1. The number of aromatic nitrogens is 6. The molecule has 1 N–H and O–H groups in total. The van der Waals surface area contributed by atoms with E-state index in [9.17, 15) is 18.0 Å². The second-order valence-electron chi connectivity index (χ2n) is 6.94. The molecule has 0 radical (unpaired) electrons. The van der Waals surface area contributed by atoms with Crippen LogP contribution in [0.1, 0.15) is 21.5 Å². The Balaban J connectivity index is 1.67. The van der Waals surface area contributed by atoms with Gasteiger partial charge in [0, 0.05) is 29.7 Å². The maximum absolute atomic E-state index is 13.6. The maximum Gasteiger partial charge on any atom is 0.417 e. The summed E-state index contributed by atoms with van der Waals surface area (Å²) in [6.45, 7) is 1.77. The van der Waals surface area contributed by atoms with Crippen LogP contribution in [0.15, 0.2) is 55.0 Å². The molecule has 11 heteroatoms. The molecule has 0 aliphatic rings. The number of pyridine rings is 2. The smallest absolute Gasteiger partial charge is 0.307 e. The van der Waals surface area contributed by atoms with Crippen LogP contribution in [0.5, 0.6) is 0 Å². The first-order valence-electron chi connectivity index (χ1n) is 9.36. The fourth-order valence-electron chi connectivity index (χ4n) is 3.08. The molecule has 0 saturated carbocycles. The van der Waals surface area contributed by atoms with E-state index in [0.29, 0.717) is 11.1 Å². The first-order chi connectivity index (χ1) is 15.2. The molecule has 4 rings (SSSR count). The van der Waals surface area contributed by atoms with Gasteiger partial charge in [-0.3, -0.25) is 9.78 Å². The van der Waals surface area contributed by atoms with Gasteiger partial charge in [0.05, 0.1) is 18.2 Å². The van der Waals surface area contributed by atoms with E-state index < -0.39 is 17.6 Å². The largest absolute Gasteiger partial charge is 0.417 e. The molecule has 1 amide bonds. The molecule has 0 aliphatic carbocycles. The number of amides is 1. The van der Waals surface area contributed by atoms with Gasteiger partial charge in [-0.15, -0.1) is 10.2 Å². The Kier molecular flexibility index (Phi) is 5.39. The summed E-state index contributed by atoms with van der Waals surface area (Å²) in [5.41, 5.74) is 0.801. The van der Waals surface area contributed by atoms with Gasteiger partial charge in [-0.05, 0) is 53.6 Å². The Labute approximate surface area is 180 Å². The average molecular weight is 439 g/mol. The molecule has 0 atom stereocenters. The highest BCUT2D eigenvalue weighted by Gasteiger charge is 2.34. The second kappa shape index (κ2) is 8.17. The summed E-state index contributed by atoms with van der Waals surface area (Å²) >= 11 is 0. The molecule has 0 spiro atoms. The normalized spacial score (nSPS) is 11.4. The van der Waals surface area contributed by atoms with E-state index in [0.717, 1.165) is 11.6 Å². The van der Waals surface area contributed by atoms with Crippen molar-refractivity contribution in [1.29, 1.82) is 0 Å². The second-order valence-corrected chi connectivity index (χ2v) is 6.94. The van der Waals surface area contributed by atoms with Crippen LogP contribution in [0, 0.1) is 6.92 Å². The molecule has 4 aromatic rings. The molecular formula is C21H16F3N7O. The monoisotopic (exact) mass is 439 g/mol. The highest BCUT2D eigenvalue weighted by Crippen LogP contribution is 2.38. The standard InChI is InChI=1S/C21H16F3N7O/c1-12-7-8-25-11-16(12)20(32)27-18-6-4-14(10-26-18)15-9-13(19-28-30-31(2)29-19)3-5-17(15)21(22,23)24/h3-11H,1-2H3,(H,26,27,32). The fourth-order valence-corrected chi connectivity index (χ4v) is 3.08. The number of halogens is 3. The number of nitrogens with one attached hydrogen (secondary N) is 1. The number of rotatable bonds is 4. The Morgan fingerprint density at radius 2 is 1.84 bits per heavy atom. The summed E-state index contributed by atoms with van der Waals surface area (Å²) in [4.78, 5) is 21.7. The van der Waals surface area contributed by atoms with Crippen molar-refractivity contribution in [3.8, 4) is 22.5 Å². The first-order valence-corrected chi connectivity index (χ1v) is 9.36. The zero-order valence-electron chi connectivity index (χ0n) is 16.9. The summed E-state index contributed by atoms with van der Waals surface area (Å²) in [7, 11) is 1.56. The topological polar surface area (TPSA) is 98.5 Å². The van der Waals surface area contributed by atoms with Gasteiger partial charge in [-0.2, -0.15) is 18.0 Å². The summed E-state index contributed by atoms with van der Waals surface area (Å²) in [5.74, 6) is -0.0176. The number of nitrogens with zero attached hydrogens (tertiary/aromatic N) is 6. The van der Waals surface area contributed by atoms with Gasteiger partial charge >= 0.3 is 6.18 Å². The third kappa shape index (κ3) is 4.31. The zero-order chi connectivity index (χ0) is 22.9. The first kappa shape index (κ1) is 21.1. The fraction of sp³-hybridized carbons (Fsp3) is 0.143. The van der Waals surface area contributed by atoms with E-state index in [-0.39, 0.29) is 22.8 Å². The van der Waals surface area contributed by atoms with Crippen LogP contribution in [0.2, 0.25) is 0 Å². The van der Waals surface area contributed by atoms with E-state index in [1.165, 1.54) is 41.5 Å². The van der Waals surface area contributed by atoms with E-state index in [1.807, 2.05) is 0 Å². The van der Waals surface area contributed by atoms with Crippen LogP contribution in [0.3, 0.4) is 0 Å². The molecule has 0 aliphatic heterocycles. The lowest BCUT2D eigenvalue weighted by molar-refractivity contribution is -0.137. The Bertz CT molecular complexity index is 1280. The van der Waals surface area contributed by atoms with Crippen LogP contribution in [-0.2, 0) is 13.2 Å². The zero-order valence-corrected chi connectivity index (χ0v) is 16.9. The van der Waals surface area contributed by atoms with Gasteiger partial charge in [-0.25, -0.2) is 4.98 Å². The summed E-state index contributed by atoms with van der Waals surface area (Å²) in [5, 5.41) is 14.2. The molecule has 0 bridgehead atoms. The SMILES string of the molecule is Cc1ccncc1C(=O)Nc1ccc(-c2cc(-c3nnn(C)n3)ccc2C(F)(F)F)cn1. The van der Waals surface area contributed by atoms with Crippen molar-refractivity contribution in [2.75, 3.05) is 5.32 Å². The Morgan fingerprint density at radius 1 is 1.06 bits per heavy atom. The van der Waals surface area contributed by atoms with Crippen molar-refractivity contribution in [2.45, 2.75) is 13.1 Å². The van der Waals surface area contributed by atoms with Gasteiger partial charge < -0.3 is 5.32 Å². The molecule has 1 aromatic carbocycles. The lowest BCUT2D eigenvalue weighted by Crippen LogP contribution is -2.14. The summed E-state index contributed by atoms with van der Waals surface area (Å²) < 4.78 is 40.9. The third-order valence-electron chi connectivity index (χ3n) is 4.69. The molecule has 162 valence electrons. The van der Waals surface area contributed by atoms with Crippen molar-refractivity contribution in [3.63, 3.8) is 0 Å². The minimum absolute atomic E-state index is 0.0871. The number of hydrogen-bond acceptors (Lipinski definition) is 6. The lowest BCUT2D eigenvalue weighted by atomic mass is 9.97. The third-order valence-corrected chi connectivity index (χ3v) is 4.69. The number of carbonyl (C=O) groups excluding carboxylic acids is 1. The van der Waals surface area contributed by atoms with Crippen molar-refractivity contribution in [3.05, 3.63) is 71.7 Å². The van der Waals surface area contributed by atoms with Crippen molar-refractivity contribution >= 4 is 11.7 Å². The predicted octanol–water partition coefficient (Wildman–Crippen LogP) is 3.91. The van der Waals surface area contributed by atoms with Gasteiger partial charge in [0.1, 0.15) is 5.82 Å². The van der Waals surface area contributed by atoms with E-state index in [2.05, 4.69) is 30.7 Å². The molecule has 3 aromatic heterocycles. The number of carbonyl (C=O) groups is 1. The van der Waals surface area contributed by atoms with Gasteiger partial charge in [0.2, 0.25) is 5.82 Å². The van der Waals surface area contributed by atoms with E-state index >= 15 is 0 Å². The molecular weight excluding hydrogens is 423 g/mol.